The highest BCUT2D eigenvalue weighted by Crippen LogP contribution is 2.40. The van der Waals surface area contributed by atoms with Gasteiger partial charge in [-0.3, -0.25) is 0 Å². The number of piperidine rings is 1. The second-order valence-electron chi connectivity index (χ2n) is 5.98. The molecule has 1 aliphatic heterocycles. The Balaban J connectivity index is 1.88. The molecule has 3 heteroatoms. The molecule has 1 saturated carbocycles. The predicted molar refractivity (Wildman–Crippen MR) is 74.7 cm³/mol. The van der Waals surface area contributed by atoms with Gasteiger partial charge in [-0.05, 0) is 56.2 Å². The van der Waals surface area contributed by atoms with Crippen molar-refractivity contribution < 1.29 is 9.50 Å². The fraction of sp³-hybridized carbons (Fsp3) is 0.625. The van der Waals surface area contributed by atoms with E-state index in [1.165, 1.54) is 38.2 Å². The van der Waals surface area contributed by atoms with Gasteiger partial charge in [-0.15, -0.1) is 0 Å². The summed E-state index contributed by atoms with van der Waals surface area (Å²) in [6, 6.07) is 5.71. The second kappa shape index (κ2) is 5.12. The molecule has 3 atom stereocenters. The van der Waals surface area contributed by atoms with Crippen LogP contribution < -0.4 is 4.90 Å². The van der Waals surface area contributed by atoms with Crippen molar-refractivity contribution in [1.29, 1.82) is 0 Å². The molecule has 0 bridgehead atoms. The number of hydrogen-bond donors (Lipinski definition) is 1. The van der Waals surface area contributed by atoms with Crippen molar-refractivity contribution in [2.75, 3.05) is 11.4 Å². The van der Waals surface area contributed by atoms with Crippen molar-refractivity contribution in [3.05, 3.63) is 29.6 Å². The molecule has 1 saturated heterocycles. The van der Waals surface area contributed by atoms with Crippen molar-refractivity contribution in [3.63, 3.8) is 0 Å². The van der Waals surface area contributed by atoms with Crippen LogP contribution in [0.15, 0.2) is 18.2 Å². The number of nitrogens with zero attached hydrogens (tertiary/aromatic N) is 1. The molecule has 0 radical (unpaired) electrons. The smallest absolute Gasteiger partial charge is 0.146 e. The van der Waals surface area contributed by atoms with E-state index >= 15 is 0 Å². The third-order valence-corrected chi connectivity index (χ3v) is 4.76. The van der Waals surface area contributed by atoms with Crippen LogP contribution in [0.1, 0.15) is 50.7 Å². The molecule has 2 aliphatic rings. The number of aliphatic hydroxyl groups excluding tert-OH is 1. The lowest BCUT2D eigenvalue weighted by molar-refractivity contribution is 0.199. The second-order valence-corrected chi connectivity index (χ2v) is 5.98. The molecule has 0 aromatic heterocycles. The van der Waals surface area contributed by atoms with E-state index in [2.05, 4.69) is 4.90 Å². The SMILES string of the molecule is CC(O)c1ccc(N2CCCC3CCCC32)c(F)c1. The minimum Gasteiger partial charge on any atom is -0.389 e. The summed E-state index contributed by atoms with van der Waals surface area (Å²) in [4.78, 5) is 2.27. The quantitative estimate of drug-likeness (QED) is 0.880. The van der Waals surface area contributed by atoms with E-state index in [4.69, 9.17) is 0 Å². The van der Waals surface area contributed by atoms with Gasteiger partial charge in [0.2, 0.25) is 0 Å². The molecule has 2 nitrogen and oxygen atoms in total. The number of benzene rings is 1. The predicted octanol–water partition coefficient (Wildman–Crippen LogP) is 3.65. The van der Waals surface area contributed by atoms with E-state index in [1.54, 1.807) is 6.92 Å². The molecule has 1 N–H and O–H groups in total. The Morgan fingerprint density at radius 3 is 2.79 bits per heavy atom. The summed E-state index contributed by atoms with van der Waals surface area (Å²) in [5.74, 6) is 0.565. The van der Waals surface area contributed by atoms with Crippen molar-refractivity contribution in [1.82, 2.24) is 0 Å². The molecule has 0 spiro atoms. The molecule has 3 unspecified atom stereocenters. The van der Waals surface area contributed by atoms with Crippen LogP contribution >= 0.6 is 0 Å². The summed E-state index contributed by atoms with van der Waals surface area (Å²) in [5, 5.41) is 9.52. The third-order valence-electron chi connectivity index (χ3n) is 4.76. The number of rotatable bonds is 2. The zero-order chi connectivity index (χ0) is 13.4. The Labute approximate surface area is 114 Å². The Kier molecular flexibility index (Phi) is 3.48. The summed E-state index contributed by atoms with van der Waals surface area (Å²) in [7, 11) is 0. The molecule has 19 heavy (non-hydrogen) atoms. The summed E-state index contributed by atoms with van der Waals surface area (Å²) < 4.78 is 14.3. The Morgan fingerprint density at radius 2 is 2.05 bits per heavy atom. The summed E-state index contributed by atoms with van der Waals surface area (Å²) in [5.41, 5.74) is 1.38. The first-order valence-corrected chi connectivity index (χ1v) is 7.41. The van der Waals surface area contributed by atoms with Gasteiger partial charge in [0, 0.05) is 12.6 Å². The largest absolute Gasteiger partial charge is 0.389 e. The number of halogens is 1. The molecule has 1 aromatic rings. The van der Waals surface area contributed by atoms with Gasteiger partial charge in [0.15, 0.2) is 0 Å². The first-order valence-electron chi connectivity index (χ1n) is 7.41. The maximum absolute atomic E-state index is 14.3. The monoisotopic (exact) mass is 263 g/mol. The summed E-state index contributed by atoms with van der Waals surface area (Å²) in [6.07, 6.45) is 5.63. The van der Waals surface area contributed by atoms with E-state index in [-0.39, 0.29) is 5.82 Å². The fourth-order valence-corrected chi connectivity index (χ4v) is 3.77. The van der Waals surface area contributed by atoms with Crippen molar-refractivity contribution in [3.8, 4) is 0 Å². The van der Waals surface area contributed by atoms with E-state index in [0.29, 0.717) is 11.6 Å². The van der Waals surface area contributed by atoms with Gasteiger partial charge in [0.1, 0.15) is 5.82 Å². The van der Waals surface area contributed by atoms with Crippen molar-refractivity contribution >= 4 is 5.69 Å². The van der Waals surface area contributed by atoms with E-state index in [0.717, 1.165) is 18.2 Å². The van der Waals surface area contributed by atoms with Crippen LogP contribution in [0.5, 0.6) is 0 Å². The lowest BCUT2D eigenvalue weighted by Crippen LogP contribution is -2.43. The highest BCUT2D eigenvalue weighted by molar-refractivity contribution is 5.51. The minimum absolute atomic E-state index is 0.189. The molecule has 1 aromatic carbocycles. The zero-order valence-electron chi connectivity index (χ0n) is 11.5. The number of fused-ring (bicyclic) bond motifs is 1. The fourth-order valence-electron chi connectivity index (χ4n) is 3.77. The van der Waals surface area contributed by atoms with Crippen molar-refractivity contribution in [2.24, 2.45) is 5.92 Å². The summed E-state index contributed by atoms with van der Waals surface area (Å²) in [6.45, 7) is 2.63. The van der Waals surface area contributed by atoms with Gasteiger partial charge in [-0.2, -0.15) is 0 Å². The van der Waals surface area contributed by atoms with Gasteiger partial charge in [-0.1, -0.05) is 12.5 Å². The highest BCUT2D eigenvalue weighted by atomic mass is 19.1. The molecule has 3 rings (SSSR count). The van der Waals surface area contributed by atoms with Crippen LogP contribution in [0, 0.1) is 11.7 Å². The van der Waals surface area contributed by atoms with Crippen LogP contribution in [-0.4, -0.2) is 17.7 Å². The zero-order valence-corrected chi connectivity index (χ0v) is 11.5. The maximum Gasteiger partial charge on any atom is 0.146 e. The van der Waals surface area contributed by atoms with Gasteiger partial charge in [0.25, 0.3) is 0 Å². The van der Waals surface area contributed by atoms with E-state index in [9.17, 15) is 9.50 Å². The molecule has 1 heterocycles. The molecule has 1 aliphatic carbocycles. The molecule has 0 amide bonds. The minimum atomic E-state index is -0.607. The molecule has 104 valence electrons. The standard InChI is InChI=1S/C16H22FNO/c1-11(19)13-7-8-16(14(17)10-13)18-9-3-5-12-4-2-6-15(12)18/h7-8,10-12,15,19H,2-6,9H2,1H3. The topological polar surface area (TPSA) is 23.5 Å². The number of aliphatic hydroxyl groups is 1. The van der Waals surface area contributed by atoms with Crippen molar-refractivity contribution in [2.45, 2.75) is 51.2 Å². The Hall–Kier alpha value is -1.09. The molecule has 2 fully saturated rings. The number of anilines is 1. The van der Waals surface area contributed by atoms with Crippen LogP contribution in [0.25, 0.3) is 0 Å². The lowest BCUT2D eigenvalue weighted by Gasteiger charge is -2.39. The third kappa shape index (κ3) is 2.36. The first kappa shape index (κ1) is 12.9. The average molecular weight is 263 g/mol. The maximum atomic E-state index is 14.3. The lowest BCUT2D eigenvalue weighted by atomic mass is 9.91. The number of hydrogen-bond acceptors (Lipinski definition) is 2. The van der Waals surface area contributed by atoms with E-state index in [1.807, 2.05) is 12.1 Å². The Morgan fingerprint density at radius 1 is 1.26 bits per heavy atom. The Bertz CT molecular complexity index is 460. The summed E-state index contributed by atoms with van der Waals surface area (Å²) >= 11 is 0. The normalized spacial score (nSPS) is 28.3. The molecular formula is C16H22FNO. The van der Waals surface area contributed by atoms with Gasteiger partial charge < -0.3 is 10.0 Å². The van der Waals surface area contributed by atoms with Gasteiger partial charge in [0.05, 0.1) is 11.8 Å². The van der Waals surface area contributed by atoms with Gasteiger partial charge >= 0.3 is 0 Å². The first-order chi connectivity index (χ1) is 9.16. The highest BCUT2D eigenvalue weighted by Gasteiger charge is 2.35. The van der Waals surface area contributed by atoms with E-state index < -0.39 is 6.10 Å². The van der Waals surface area contributed by atoms with Crippen LogP contribution in [0.4, 0.5) is 10.1 Å². The average Bonchev–Trinajstić information content (AvgIpc) is 2.86. The van der Waals surface area contributed by atoms with Gasteiger partial charge in [-0.25, -0.2) is 4.39 Å². The molecular weight excluding hydrogens is 241 g/mol. The van der Waals surface area contributed by atoms with Crippen LogP contribution in [-0.2, 0) is 0 Å². The van der Waals surface area contributed by atoms with Crippen LogP contribution in [0.2, 0.25) is 0 Å². The van der Waals surface area contributed by atoms with Crippen LogP contribution in [0.3, 0.4) is 0 Å².